The van der Waals surface area contributed by atoms with Crippen molar-refractivity contribution in [2.45, 2.75) is 11.4 Å². The quantitative estimate of drug-likeness (QED) is 0.441. The molecule has 1 amide bonds. The molecule has 3 aromatic rings. The fourth-order valence-corrected chi connectivity index (χ4v) is 5.55. The standard InChI is InChI=1S/C27H31N3O5S/c1-34-24-10-8-23(9-11-24)28-16-18-29(19-17-28)27(31)21-30(20-22-6-4-3-5-7-22)36(32,33)26-14-12-25(35-2)13-15-26/h3-15H,16-21H2,1-2H3. The topological polar surface area (TPSA) is 79.4 Å². The van der Waals surface area contributed by atoms with Crippen molar-refractivity contribution in [3.8, 4) is 11.5 Å². The van der Waals surface area contributed by atoms with E-state index in [4.69, 9.17) is 9.47 Å². The van der Waals surface area contributed by atoms with Crippen LogP contribution in [0.5, 0.6) is 11.5 Å². The van der Waals surface area contributed by atoms with Gasteiger partial charge in [0.15, 0.2) is 0 Å². The average molecular weight is 510 g/mol. The number of rotatable bonds is 9. The summed E-state index contributed by atoms with van der Waals surface area (Å²) in [6, 6.07) is 23.3. The molecule has 8 nitrogen and oxygen atoms in total. The highest BCUT2D eigenvalue weighted by Gasteiger charge is 2.30. The Hall–Kier alpha value is -3.56. The molecule has 0 unspecified atom stereocenters. The first-order chi connectivity index (χ1) is 17.4. The molecule has 1 fully saturated rings. The molecule has 1 aliphatic heterocycles. The monoisotopic (exact) mass is 509 g/mol. The van der Waals surface area contributed by atoms with Gasteiger partial charge in [0.25, 0.3) is 0 Å². The van der Waals surface area contributed by atoms with Crippen molar-refractivity contribution in [2.75, 3.05) is 51.8 Å². The van der Waals surface area contributed by atoms with Crippen LogP contribution in [0.2, 0.25) is 0 Å². The fraction of sp³-hybridized carbons (Fsp3) is 0.296. The smallest absolute Gasteiger partial charge is 0.243 e. The van der Waals surface area contributed by atoms with Gasteiger partial charge < -0.3 is 19.3 Å². The van der Waals surface area contributed by atoms with Gasteiger partial charge in [0, 0.05) is 38.4 Å². The second kappa shape index (κ2) is 11.5. The summed E-state index contributed by atoms with van der Waals surface area (Å²) in [6.45, 7) is 2.25. The highest BCUT2D eigenvalue weighted by molar-refractivity contribution is 7.89. The SMILES string of the molecule is COc1ccc(N2CCN(C(=O)CN(Cc3ccccc3)S(=O)(=O)c3ccc(OC)cc3)CC2)cc1. The second-order valence-corrected chi connectivity index (χ2v) is 10.4. The van der Waals surface area contributed by atoms with Gasteiger partial charge in [-0.2, -0.15) is 4.31 Å². The highest BCUT2D eigenvalue weighted by Crippen LogP contribution is 2.23. The number of anilines is 1. The summed E-state index contributed by atoms with van der Waals surface area (Å²) in [7, 11) is -0.750. The summed E-state index contributed by atoms with van der Waals surface area (Å²) in [5.74, 6) is 1.15. The minimum absolute atomic E-state index is 0.104. The molecule has 0 aromatic heterocycles. The number of piperazine rings is 1. The zero-order valence-corrected chi connectivity index (χ0v) is 21.4. The van der Waals surface area contributed by atoms with E-state index in [1.165, 1.54) is 23.5 Å². The Labute approximate surface area is 212 Å². The van der Waals surface area contributed by atoms with E-state index in [9.17, 15) is 13.2 Å². The van der Waals surface area contributed by atoms with E-state index >= 15 is 0 Å². The minimum atomic E-state index is -3.91. The fourth-order valence-electron chi connectivity index (χ4n) is 4.17. The molecular formula is C27H31N3O5S. The molecule has 36 heavy (non-hydrogen) atoms. The van der Waals surface area contributed by atoms with Gasteiger partial charge in [-0.05, 0) is 54.1 Å². The van der Waals surface area contributed by atoms with Crippen LogP contribution in [0.4, 0.5) is 5.69 Å². The van der Waals surface area contributed by atoms with Crippen LogP contribution < -0.4 is 14.4 Å². The van der Waals surface area contributed by atoms with E-state index in [1.54, 1.807) is 24.1 Å². The van der Waals surface area contributed by atoms with Gasteiger partial charge in [0.05, 0.1) is 25.7 Å². The molecule has 0 aliphatic carbocycles. The summed E-state index contributed by atoms with van der Waals surface area (Å²) in [4.78, 5) is 17.3. The maximum atomic E-state index is 13.5. The predicted molar refractivity (Wildman–Crippen MR) is 139 cm³/mol. The van der Waals surface area contributed by atoms with E-state index in [2.05, 4.69) is 4.90 Å². The molecule has 0 bridgehead atoms. The molecule has 4 rings (SSSR count). The Morgan fingerprint density at radius 3 is 1.92 bits per heavy atom. The number of methoxy groups -OCH3 is 2. The van der Waals surface area contributed by atoms with Crippen LogP contribution in [0.15, 0.2) is 83.8 Å². The lowest BCUT2D eigenvalue weighted by Crippen LogP contribution is -2.51. The van der Waals surface area contributed by atoms with Crippen LogP contribution in [0, 0.1) is 0 Å². The first kappa shape index (κ1) is 25.5. The van der Waals surface area contributed by atoms with Gasteiger partial charge in [-0.1, -0.05) is 30.3 Å². The average Bonchev–Trinajstić information content (AvgIpc) is 2.93. The molecule has 3 aromatic carbocycles. The summed E-state index contributed by atoms with van der Waals surface area (Å²) < 4.78 is 38.7. The van der Waals surface area contributed by atoms with Crippen molar-refractivity contribution >= 4 is 21.6 Å². The third-order valence-corrected chi connectivity index (χ3v) is 8.09. The van der Waals surface area contributed by atoms with Gasteiger partial charge in [0.1, 0.15) is 11.5 Å². The molecule has 0 atom stereocenters. The zero-order chi connectivity index (χ0) is 25.5. The largest absolute Gasteiger partial charge is 0.497 e. The third kappa shape index (κ3) is 5.98. The molecular weight excluding hydrogens is 478 g/mol. The number of sulfonamides is 1. The van der Waals surface area contributed by atoms with E-state index in [1.807, 2.05) is 54.6 Å². The maximum absolute atomic E-state index is 13.5. The van der Waals surface area contributed by atoms with E-state index in [0.717, 1.165) is 17.0 Å². The minimum Gasteiger partial charge on any atom is -0.497 e. The number of benzene rings is 3. The van der Waals surface area contributed by atoms with Crippen LogP contribution >= 0.6 is 0 Å². The molecule has 0 N–H and O–H groups in total. The molecule has 0 spiro atoms. The van der Waals surface area contributed by atoms with Gasteiger partial charge in [-0.15, -0.1) is 0 Å². The van der Waals surface area contributed by atoms with Crippen molar-refractivity contribution in [1.82, 2.24) is 9.21 Å². The molecule has 0 saturated carbocycles. The lowest BCUT2D eigenvalue weighted by Gasteiger charge is -2.37. The Kier molecular flexibility index (Phi) is 8.12. The lowest BCUT2D eigenvalue weighted by molar-refractivity contribution is -0.131. The van der Waals surface area contributed by atoms with Crippen LogP contribution in [-0.2, 0) is 21.4 Å². The van der Waals surface area contributed by atoms with E-state index < -0.39 is 10.0 Å². The molecule has 0 radical (unpaired) electrons. The summed E-state index contributed by atoms with van der Waals surface area (Å²) in [5, 5.41) is 0. The summed E-state index contributed by atoms with van der Waals surface area (Å²) in [5.41, 5.74) is 1.88. The third-order valence-electron chi connectivity index (χ3n) is 6.28. The Morgan fingerprint density at radius 2 is 1.36 bits per heavy atom. The Morgan fingerprint density at radius 1 is 0.806 bits per heavy atom. The van der Waals surface area contributed by atoms with Gasteiger partial charge in [-0.3, -0.25) is 4.79 Å². The van der Waals surface area contributed by atoms with Crippen LogP contribution in [0.1, 0.15) is 5.56 Å². The van der Waals surface area contributed by atoms with Gasteiger partial charge in [-0.25, -0.2) is 8.42 Å². The molecule has 9 heteroatoms. The van der Waals surface area contributed by atoms with Crippen molar-refractivity contribution in [2.24, 2.45) is 0 Å². The molecule has 1 saturated heterocycles. The van der Waals surface area contributed by atoms with Crippen molar-refractivity contribution in [3.05, 3.63) is 84.4 Å². The first-order valence-corrected chi connectivity index (χ1v) is 13.2. The number of nitrogens with zero attached hydrogens (tertiary/aromatic N) is 3. The summed E-state index contributed by atoms with van der Waals surface area (Å²) in [6.07, 6.45) is 0. The number of amides is 1. The normalized spacial score (nSPS) is 14.1. The zero-order valence-electron chi connectivity index (χ0n) is 20.5. The maximum Gasteiger partial charge on any atom is 0.243 e. The van der Waals surface area contributed by atoms with Crippen molar-refractivity contribution in [3.63, 3.8) is 0 Å². The predicted octanol–water partition coefficient (Wildman–Crippen LogP) is 3.24. The molecule has 1 aliphatic rings. The lowest BCUT2D eigenvalue weighted by atomic mass is 10.2. The van der Waals surface area contributed by atoms with E-state index in [0.29, 0.717) is 31.9 Å². The van der Waals surface area contributed by atoms with Crippen LogP contribution in [0.3, 0.4) is 0 Å². The first-order valence-electron chi connectivity index (χ1n) is 11.8. The number of carbonyl (C=O) groups is 1. The van der Waals surface area contributed by atoms with Crippen molar-refractivity contribution in [1.29, 1.82) is 0 Å². The highest BCUT2D eigenvalue weighted by atomic mass is 32.2. The van der Waals surface area contributed by atoms with E-state index in [-0.39, 0.29) is 23.9 Å². The number of hydrogen-bond donors (Lipinski definition) is 0. The Balaban J connectivity index is 1.47. The number of ether oxygens (including phenoxy) is 2. The van der Waals surface area contributed by atoms with Crippen molar-refractivity contribution < 1.29 is 22.7 Å². The number of hydrogen-bond acceptors (Lipinski definition) is 6. The van der Waals surface area contributed by atoms with Crippen LogP contribution in [-0.4, -0.2) is 70.5 Å². The van der Waals surface area contributed by atoms with Gasteiger partial charge in [0.2, 0.25) is 15.9 Å². The van der Waals surface area contributed by atoms with Gasteiger partial charge >= 0.3 is 0 Å². The Bertz CT molecular complexity index is 1240. The van der Waals surface area contributed by atoms with Crippen LogP contribution in [0.25, 0.3) is 0 Å². The number of carbonyl (C=O) groups excluding carboxylic acids is 1. The summed E-state index contributed by atoms with van der Waals surface area (Å²) >= 11 is 0. The molecule has 1 heterocycles. The second-order valence-electron chi connectivity index (χ2n) is 8.50. The molecule has 190 valence electrons.